The van der Waals surface area contributed by atoms with Gasteiger partial charge >= 0.3 is 5.97 Å². The Labute approximate surface area is 120 Å². The molecule has 0 aromatic heterocycles. The molecule has 0 spiro atoms. The van der Waals surface area contributed by atoms with E-state index in [0.717, 1.165) is 6.42 Å². The van der Waals surface area contributed by atoms with Crippen molar-refractivity contribution in [2.75, 3.05) is 6.61 Å². The average molecular weight is 348 g/mol. The summed E-state index contributed by atoms with van der Waals surface area (Å²) in [5.74, 6) is 0.130. The topological polar surface area (TPSA) is 86.5 Å². The minimum absolute atomic E-state index is 0.107. The number of carbonyl (C=O) groups is 1. The summed E-state index contributed by atoms with van der Waals surface area (Å²) >= 11 is 3.19. The van der Waals surface area contributed by atoms with Crippen molar-refractivity contribution < 1.29 is 17.9 Å². The number of hydrogen-bond acceptors (Lipinski definition) is 4. The molecule has 1 saturated carbocycles. The normalized spacial score (nSPS) is 15.3. The van der Waals surface area contributed by atoms with Gasteiger partial charge in [0, 0.05) is 4.47 Å². The molecule has 104 valence electrons. The molecular formula is C12H14BrNO4S. The van der Waals surface area contributed by atoms with Crippen LogP contribution in [0.2, 0.25) is 0 Å². The highest BCUT2D eigenvalue weighted by Gasteiger charge is 2.22. The van der Waals surface area contributed by atoms with Crippen LogP contribution >= 0.6 is 15.9 Å². The second-order valence-corrected chi connectivity index (χ2v) is 6.97. The molecular weight excluding hydrogens is 334 g/mol. The van der Waals surface area contributed by atoms with Gasteiger partial charge in [0.2, 0.25) is 10.0 Å². The molecule has 0 amide bonds. The molecule has 19 heavy (non-hydrogen) atoms. The Morgan fingerprint density at radius 1 is 1.42 bits per heavy atom. The van der Waals surface area contributed by atoms with Crippen LogP contribution in [0.15, 0.2) is 27.6 Å². The SMILES string of the molecule is NS(=O)(=O)c1ccc(Br)c(C(=O)OCCC2CC2)c1. The first-order valence-electron chi connectivity index (χ1n) is 5.87. The third-order valence-corrected chi connectivity index (χ3v) is 4.54. The summed E-state index contributed by atoms with van der Waals surface area (Å²) in [6.45, 7) is 0.357. The van der Waals surface area contributed by atoms with Gasteiger partial charge in [-0.3, -0.25) is 0 Å². The van der Waals surface area contributed by atoms with Crippen molar-refractivity contribution in [3.63, 3.8) is 0 Å². The van der Waals surface area contributed by atoms with E-state index >= 15 is 0 Å². The van der Waals surface area contributed by atoms with Crippen LogP contribution in [0.3, 0.4) is 0 Å². The van der Waals surface area contributed by atoms with Crippen LogP contribution in [0.4, 0.5) is 0 Å². The highest BCUT2D eigenvalue weighted by molar-refractivity contribution is 9.10. The first kappa shape index (κ1) is 14.5. The molecule has 5 nitrogen and oxygen atoms in total. The second-order valence-electron chi connectivity index (χ2n) is 4.55. The summed E-state index contributed by atoms with van der Waals surface area (Å²) in [5.41, 5.74) is 0.169. The highest BCUT2D eigenvalue weighted by Crippen LogP contribution is 2.32. The number of hydrogen-bond donors (Lipinski definition) is 1. The Morgan fingerprint density at radius 2 is 2.11 bits per heavy atom. The molecule has 1 aliphatic carbocycles. The lowest BCUT2D eigenvalue weighted by Gasteiger charge is -2.07. The van der Waals surface area contributed by atoms with Gasteiger partial charge < -0.3 is 4.74 Å². The Morgan fingerprint density at radius 3 is 2.68 bits per heavy atom. The molecule has 0 bridgehead atoms. The lowest BCUT2D eigenvalue weighted by atomic mass is 10.2. The summed E-state index contributed by atoms with van der Waals surface area (Å²) in [5, 5.41) is 5.03. The molecule has 2 N–H and O–H groups in total. The van der Waals surface area contributed by atoms with E-state index in [4.69, 9.17) is 9.88 Å². The van der Waals surface area contributed by atoms with Crippen LogP contribution in [-0.2, 0) is 14.8 Å². The third-order valence-electron chi connectivity index (χ3n) is 2.94. The van der Waals surface area contributed by atoms with Crippen molar-refractivity contribution in [2.24, 2.45) is 11.1 Å². The predicted molar refractivity (Wildman–Crippen MR) is 73.1 cm³/mol. The number of sulfonamides is 1. The molecule has 0 heterocycles. The van der Waals surface area contributed by atoms with Crippen LogP contribution in [-0.4, -0.2) is 21.0 Å². The Bertz CT molecular complexity index is 596. The maximum atomic E-state index is 11.9. The number of ether oxygens (including phenoxy) is 1. The van der Waals surface area contributed by atoms with Crippen molar-refractivity contribution in [1.82, 2.24) is 0 Å². The Balaban J connectivity index is 2.10. The standard InChI is InChI=1S/C12H14BrNO4S/c13-11-4-3-9(19(14,16)17)7-10(11)12(15)18-6-5-8-1-2-8/h3-4,7-8H,1-2,5-6H2,(H2,14,16,17). The zero-order valence-corrected chi connectivity index (χ0v) is 12.5. The molecule has 0 unspecified atom stereocenters. The number of halogens is 1. The van der Waals surface area contributed by atoms with Gasteiger partial charge in [-0.15, -0.1) is 0 Å². The van der Waals surface area contributed by atoms with Crippen molar-refractivity contribution in [3.05, 3.63) is 28.2 Å². The van der Waals surface area contributed by atoms with Gasteiger partial charge in [-0.05, 0) is 46.5 Å². The maximum absolute atomic E-state index is 11.9. The largest absolute Gasteiger partial charge is 0.462 e. The monoisotopic (exact) mass is 347 g/mol. The Kier molecular flexibility index (Phi) is 4.27. The molecule has 0 radical (unpaired) electrons. The first-order valence-corrected chi connectivity index (χ1v) is 8.21. The summed E-state index contributed by atoms with van der Waals surface area (Å²) in [4.78, 5) is 11.8. The van der Waals surface area contributed by atoms with E-state index in [9.17, 15) is 13.2 Å². The van der Waals surface area contributed by atoms with Crippen molar-refractivity contribution >= 4 is 31.9 Å². The van der Waals surface area contributed by atoms with Gasteiger partial charge in [-0.1, -0.05) is 12.8 Å². The van der Waals surface area contributed by atoms with E-state index in [2.05, 4.69) is 15.9 Å². The fraction of sp³-hybridized carbons (Fsp3) is 0.417. The fourth-order valence-corrected chi connectivity index (χ4v) is 2.59. The van der Waals surface area contributed by atoms with Crippen LogP contribution in [0.5, 0.6) is 0 Å². The minimum atomic E-state index is -3.83. The lowest BCUT2D eigenvalue weighted by Crippen LogP contribution is -2.14. The van der Waals surface area contributed by atoms with Gasteiger partial charge in [0.1, 0.15) is 0 Å². The number of nitrogens with two attached hydrogens (primary N) is 1. The van der Waals surface area contributed by atoms with Crippen LogP contribution in [0, 0.1) is 5.92 Å². The predicted octanol–water partition coefficient (Wildman–Crippen LogP) is 2.05. The molecule has 1 aromatic carbocycles. The molecule has 0 saturated heterocycles. The fourth-order valence-electron chi connectivity index (χ4n) is 1.64. The van der Waals surface area contributed by atoms with Gasteiger partial charge in [0.05, 0.1) is 17.1 Å². The van der Waals surface area contributed by atoms with Crippen LogP contribution < -0.4 is 5.14 Å². The number of esters is 1. The number of primary sulfonamides is 1. The van der Waals surface area contributed by atoms with E-state index in [1.807, 2.05) is 0 Å². The third kappa shape index (κ3) is 4.02. The lowest BCUT2D eigenvalue weighted by molar-refractivity contribution is 0.0493. The van der Waals surface area contributed by atoms with Crippen molar-refractivity contribution in [3.8, 4) is 0 Å². The number of carbonyl (C=O) groups excluding carboxylic acids is 1. The zero-order chi connectivity index (χ0) is 14.0. The molecule has 0 aliphatic heterocycles. The van der Waals surface area contributed by atoms with Gasteiger partial charge in [0.25, 0.3) is 0 Å². The van der Waals surface area contributed by atoms with Crippen LogP contribution in [0.1, 0.15) is 29.6 Å². The van der Waals surface area contributed by atoms with E-state index in [0.29, 0.717) is 17.0 Å². The number of rotatable bonds is 5. The van der Waals surface area contributed by atoms with Crippen molar-refractivity contribution in [1.29, 1.82) is 0 Å². The van der Waals surface area contributed by atoms with Gasteiger partial charge in [-0.2, -0.15) is 0 Å². The summed E-state index contributed by atoms with van der Waals surface area (Å²) in [6.07, 6.45) is 3.25. The quantitative estimate of drug-likeness (QED) is 0.825. The zero-order valence-electron chi connectivity index (χ0n) is 10.1. The highest BCUT2D eigenvalue weighted by atomic mass is 79.9. The van der Waals surface area contributed by atoms with Crippen molar-refractivity contribution in [2.45, 2.75) is 24.2 Å². The molecule has 1 aliphatic rings. The molecule has 7 heteroatoms. The summed E-state index contributed by atoms with van der Waals surface area (Å²) in [6, 6.07) is 4.02. The van der Waals surface area contributed by atoms with Crippen LogP contribution in [0.25, 0.3) is 0 Å². The summed E-state index contributed by atoms with van der Waals surface area (Å²) in [7, 11) is -3.83. The Hall–Kier alpha value is -0.920. The van der Waals surface area contributed by atoms with E-state index in [1.54, 1.807) is 0 Å². The van der Waals surface area contributed by atoms with Gasteiger partial charge in [0.15, 0.2) is 0 Å². The molecule has 2 rings (SSSR count). The average Bonchev–Trinajstić information content (AvgIpc) is 3.12. The van der Waals surface area contributed by atoms with Gasteiger partial charge in [-0.25, -0.2) is 18.4 Å². The summed E-state index contributed by atoms with van der Waals surface area (Å²) < 4.78 is 28.1. The smallest absolute Gasteiger partial charge is 0.339 e. The second kappa shape index (κ2) is 5.60. The van der Waals surface area contributed by atoms with E-state index in [-0.39, 0.29) is 10.5 Å². The number of benzene rings is 1. The molecule has 0 atom stereocenters. The van der Waals surface area contributed by atoms with E-state index in [1.165, 1.54) is 31.0 Å². The molecule has 1 fully saturated rings. The minimum Gasteiger partial charge on any atom is -0.462 e. The maximum Gasteiger partial charge on any atom is 0.339 e. The first-order chi connectivity index (χ1) is 8.88. The molecule has 1 aromatic rings. The van der Waals surface area contributed by atoms with E-state index < -0.39 is 16.0 Å².